The van der Waals surface area contributed by atoms with Gasteiger partial charge in [0.1, 0.15) is 5.82 Å². The van der Waals surface area contributed by atoms with Crippen LogP contribution in [-0.4, -0.2) is 41.5 Å². The molecule has 1 aromatic heterocycles. The van der Waals surface area contributed by atoms with Gasteiger partial charge in [-0.05, 0) is 43.7 Å². The average Bonchev–Trinajstić information content (AvgIpc) is 3.26. The molecular weight excluding hydrogens is 333 g/mol. The second-order valence-electron chi connectivity index (χ2n) is 7.11. The van der Waals surface area contributed by atoms with E-state index in [-0.39, 0.29) is 17.8 Å². The molecule has 2 heterocycles. The number of nitrogens with zero attached hydrogens (tertiary/aromatic N) is 2. The first-order chi connectivity index (χ1) is 11.7. The maximum absolute atomic E-state index is 13.0. The summed E-state index contributed by atoms with van der Waals surface area (Å²) in [4.78, 5) is 17.4. The normalized spacial score (nSPS) is 24.5. The van der Waals surface area contributed by atoms with Crippen LogP contribution in [-0.2, 0) is 11.0 Å². The third kappa shape index (κ3) is 4.62. The number of pyridine rings is 1. The topological polar surface area (TPSA) is 71.2 Å². The van der Waals surface area contributed by atoms with Crippen LogP contribution < -0.4 is 11.1 Å². The van der Waals surface area contributed by atoms with Gasteiger partial charge in [0.05, 0.1) is 5.56 Å². The number of nitrogens with two attached hydrogens (primary N) is 1. The van der Waals surface area contributed by atoms with Crippen LogP contribution in [0.15, 0.2) is 12.1 Å². The molecule has 2 fully saturated rings. The second kappa shape index (κ2) is 6.82. The van der Waals surface area contributed by atoms with Crippen molar-refractivity contribution < 1.29 is 18.0 Å². The number of alkyl halides is 3. The van der Waals surface area contributed by atoms with Crippen molar-refractivity contribution in [3.63, 3.8) is 0 Å². The van der Waals surface area contributed by atoms with E-state index < -0.39 is 11.7 Å². The van der Waals surface area contributed by atoms with Crippen molar-refractivity contribution in [1.29, 1.82) is 0 Å². The van der Waals surface area contributed by atoms with Crippen molar-refractivity contribution in [1.82, 2.24) is 9.88 Å². The van der Waals surface area contributed by atoms with E-state index in [9.17, 15) is 18.0 Å². The molecule has 1 aromatic rings. The molecule has 0 spiro atoms. The predicted molar refractivity (Wildman–Crippen MR) is 87.9 cm³/mol. The molecule has 138 valence electrons. The lowest BCUT2D eigenvalue weighted by Gasteiger charge is -2.21. The van der Waals surface area contributed by atoms with Gasteiger partial charge in [-0.25, -0.2) is 4.98 Å². The third-order valence-corrected chi connectivity index (χ3v) is 4.96. The van der Waals surface area contributed by atoms with Crippen molar-refractivity contribution in [2.75, 3.05) is 25.0 Å². The number of nitrogens with one attached hydrogen (secondary N) is 1. The summed E-state index contributed by atoms with van der Waals surface area (Å²) in [7, 11) is 0. The van der Waals surface area contributed by atoms with Gasteiger partial charge in [-0.3, -0.25) is 4.79 Å². The molecule has 0 unspecified atom stereocenters. The van der Waals surface area contributed by atoms with Crippen molar-refractivity contribution in [3.8, 4) is 0 Å². The van der Waals surface area contributed by atoms with Crippen molar-refractivity contribution in [2.24, 2.45) is 17.6 Å². The Labute approximate surface area is 144 Å². The lowest BCUT2D eigenvalue weighted by atomic mass is 9.98. The van der Waals surface area contributed by atoms with Crippen molar-refractivity contribution in [2.45, 2.75) is 38.4 Å². The van der Waals surface area contributed by atoms with E-state index in [0.717, 1.165) is 31.5 Å². The summed E-state index contributed by atoms with van der Waals surface area (Å²) in [5.74, 6) is 0.891. The Morgan fingerprint density at radius 2 is 2.08 bits per heavy atom. The quantitative estimate of drug-likeness (QED) is 0.821. The third-order valence-electron chi connectivity index (χ3n) is 4.96. The van der Waals surface area contributed by atoms with Crippen LogP contribution in [0.25, 0.3) is 0 Å². The number of halogens is 3. The van der Waals surface area contributed by atoms with Gasteiger partial charge in [0.25, 0.3) is 0 Å². The molecule has 3 rings (SSSR count). The highest BCUT2D eigenvalue weighted by Gasteiger charge is 2.42. The van der Waals surface area contributed by atoms with Crippen LogP contribution in [0.5, 0.6) is 0 Å². The molecule has 25 heavy (non-hydrogen) atoms. The first-order valence-corrected chi connectivity index (χ1v) is 8.55. The first kappa shape index (κ1) is 18.0. The molecule has 1 amide bonds. The summed E-state index contributed by atoms with van der Waals surface area (Å²) >= 11 is 0. The Hall–Kier alpha value is -1.83. The van der Waals surface area contributed by atoms with Gasteiger partial charge in [-0.2, -0.15) is 13.2 Å². The van der Waals surface area contributed by atoms with Gasteiger partial charge in [-0.15, -0.1) is 0 Å². The molecule has 3 N–H and O–H groups in total. The summed E-state index contributed by atoms with van der Waals surface area (Å²) in [5, 5.41) is 3.21. The number of rotatable bonds is 6. The summed E-state index contributed by atoms with van der Waals surface area (Å²) in [6.45, 7) is 3.68. The number of aryl methyl sites for hydroxylation is 1. The Morgan fingerprint density at radius 1 is 1.36 bits per heavy atom. The van der Waals surface area contributed by atoms with Crippen LogP contribution in [0, 0.1) is 18.8 Å². The Morgan fingerprint density at radius 3 is 2.68 bits per heavy atom. The van der Waals surface area contributed by atoms with Crippen LogP contribution in [0.4, 0.5) is 19.0 Å². The van der Waals surface area contributed by atoms with Crippen molar-refractivity contribution >= 4 is 11.7 Å². The van der Waals surface area contributed by atoms with Crippen LogP contribution in [0.3, 0.4) is 0 Å². The van der Waals surface area contributed by atoms with E-state index in [4.69, 9.17) is 5.73 Å². The van der Waals surface area contributed by atoms with Crippen LogP contribution in [0.2, 0.25) is 0 Å². The van der Waals surface area contributed by atoms with E-state index in [1.54, 1.807) is 6.92 Å². The number of hydrogen-bond acceptors (Lipinski definition) is 4. The molecule has 0 radical (unpaired) electrons. The number of primary amides is 1. The van der Waals surface area contributed by atoms with E-state index in [2.05, 4.69) is 15.2 Å². The van der Waals surface area contributed by atoms with Gasteiger partial charge in [0.15, 0.2) is 0 Å². The summed E-state index contributed by atoms with van der Waals surface area (Å²) < 4.78 is 39.0. The summed E-state index contributed by atoms with van der Waals surface area (Å²) in [5.41, 5.74) is 4.86. The van der Waals surface area contributed by atoms with Crippen LogP contribution >= 0.6 is 0 Å². The summed E-state index contributed by atoms with van der Waals surface area (Å²) in [6, 6.07) is 2.16. The van der Waals surface area contributed by atoms with Gasteiger partial charge in [-0.1, -0.05) is 0 Å². The fraction of sp³-hybridized carbons (Fsp3) is 0.647. The minimum absolute atomic E-state index is 0.0377. The van der Waals surface area contributed by atoms with Gasteiger partial charge < -0.3 is 16.0 Å². The predicted octanol–water partition coefficient (Wildman–Crippen LogP) is 2.41. The number of anilines is 1. The molecule has 5 nitrogen and oxygen atoms in total. The molecule has 1 saturated heterocycles. The number of amides is 1. The number of hydrogen-bond donors (Lipinski definition) is 2. The molecule has 0 bridgehead atoms. The largest absolute Gasteiger partial charge is 0.416 e. The lowest BCUT2D eigenvalue weighted by Crippen LogP contribution is -2.31. The molecule has 1 saturated carbocycles. The van der Waals surface area contributed by atoms with Gasteiger partial charge >= 0.3 is 6.18 Å². The highest BCUT2D eigenvalue weighted by molar-refractivity contribution is 5.73. The lowest BCUT2D eigenvalue weighted by molar-refractivity contribution is -0.137. The SMILES string of the molecule is Cc1cc(C(F)(F)F)cc(N[C@H]2CN(CCC(N)=O)C[C@@H]2C2CC2)n1. The standard InChI is InChI=1S/C17H23F3N4O/c1-10-6-12(17(18,19)20)7-16(22-10)23-14-9-24(5-4-15(21)25)8-13(14)11-2-3-11/h6-7,11,13-14H,2-5,8-9H2,1H3,(H2,21,25)(H,22,23)/t13-,14+/m1/s1. The highest BCUT2D eigenvalue weighted by atomic mass is 19.4. The fourth-order valence-electron chi connectivity index (χ4n) is 3.62. The zero-order valence-corrected chi connectivity index (χ0v) is 14.1. The number of likely N-dealkylation sites (tertiary alicyclic amines) is 1. The Kier molecular flexibility index (Phi) is 4.90. The van der Waals surface area contributed by atoms with Crippen molar-refractivity contribution in [3.05, 3.63) is 23.4 Å². The molecule has 0 aromatic carbocycles. The molecule has 1 aliphatic carbocycles. The monoisotopic (exact) mass is 356 g/mol. The van der Waals surface area contributed by atoms with Gasteiger partial charge in [0.2, 0.25) is 5.91 Å². The van der Waals surface area contributed by atoms with Crippen LogP contribution in [0.1, 0.15) is 30.5 Å². The number of carbonyl (C=O) groups is 1. The maximum atomic E-state index is 13.0. The first-order valence-electron chi connectivity index (χ1n) is 8.55. The van der Waals surface area contributed by atoms with E-state index >= 15 is 0 Å². The number of aromatic nitrogens is 1. The molecule has 2 aliphatic rings. The average molecular weight is 356 g/mol. The Bertz CT molecular complexity index is 645. The highest BCUT2D eigenvalue weighted by Crippen LogP contribution is 2.42. The summed E-state index contributed by atoms with van der Waals surface area (Å²) in [6.07, 6.45) is -1.78. The smallest absolute Gasteiger partial charge is 0.370 e. The Balaban J connectivity index is 1.72. The van der Waals surface area contributed by atoms with E-state index in [0.29, 0.717) is 37.0 Å². The molecule has 8 heteroatoms. The zero-order chi connectivity index (χ0) is 18.2. The second-order valence-corrected chi connectivity index (χ2v) is 7.11. The van der Waals surface area contributed by atoms with E-state index in [1.165, 1.54) is 0 Å². The maximum Gasteiger partial charge on any atom is 0.416 e. The molecule has 2 atom stereocenters. The fourth-order valence-corrected chi connectivity index (χ4v) is 3.62. The molecule has 1 aliphatic heterocycles. The number of carbonyl (C=O) groups excluding carboxylic acids is 1. The minimum Gasteiger partial charge on any atom is -0.370 e. The minimum atomic E-state index is -4.39. The van der Waals surface area contributed by atoms with E-state index in [1.807, 2.05) is 0 Å². The van der Waals surface area contributed by atoms with Gasteiger partial charge in [0, 0.05) is 37.8 Å². The molecular formula is C17H23F3N4O. The zero-order valence-electron chi connectivity index (χ0n) is 14.1.